The van der Waals surface area contributed by atoms with Crippen LogP contribution in [0.1, 0.15) is 33.1 Å². The van der Waals surface area contributed by atoms with Gasteiger partial charge in [0.05, 0.1) is 6.10 Å². The fourth-order valence-corrected chi connectivity index (χ4v) is 3.92. The summed E-state index contributed by atoms with van der Waals surface area (Å²) in [6, 6.07) is 0.173. The zero-order chi connectivity index (χ0) is 16.4. The summed E-state index contributed by atoms with van der Waals surface area (Å²) in [4.78, 5) is 28.8. The minimum atomic E-state index is 0.0664. The van der Waals surface area contributed by atoms with Crippen LogP contribution in [0, 0.1) is 11.8 Å². The average Bonchev–Trinajstić information content (AvgIpc) is 2.74. The molecule has 3 aliphatic heterocycles. The second-order valence-electron chi connectivity index (χ2n) is 7.21. The number of likely N-dealkylation sites (tertiary alicyclic amines) is 1. The van der Waals surface area contributed by atoms with Crippen molar-refractivity contribution in [2.75, 3.05) is 39.5 Å². The van der Waals surface area contributed by atoms with Crippen molar-refractivity contribution in [3.8, 4) is 0 Å². The van der Waals surface area contributed by atoms with E-state index in [-0.39, 0.29) is 42.4 Å². The SMILES string of the molecule is CC(C)N1C[C@H]2CN(C(=O)C3CCOCC3)CC[C@@H]2OCC1=O. The summed E-state index contributed by atoms with van der Waals surface area (Å²) in [5, 5.41) is 0. The molecule has 3 fully saturated rings. The van der Waals surface area contributed by atoms with Gasteiger partial charge in [0.1, 0.15) is 6.61 Å². The van der Waals surface area contributed by atoms with Gasteiger partial charge in [-0.3, -0.25) is 9.59 Å². The first-order chi connectivity index (χ1) is 11.1. The summed E-state index contributed by atoms with van der Waals surface area (Å²) in [6.07, 6.45) is 2.59. The first-order valence-corrected chi connectivity index (χ1v) is 8.84. The van der Waals surface area contributed by atoms with Crippen molar-refractivity contribution >= 4 is 11.8 Å². The van der Waals surface area contributed by atoms with Crippen molar-refractivity contribution < 1.29 is 19.1 Å². The summed E-state index contributed by atoms with van der Waals surface area (Å²) in [7, 11) is 0. The molecule has 6 nitrogen and oxygen atoms in total. The van der Waals surface area contributed by atoms with Crippen molar-refractivity contribution in [3.63, 3.8) is 0 Å². The third-order valence-electron chi connectivity index (χ3n) is 5.34. The van der Waals surface area contributed by atoms with Crippen molar-refractivity contribution in [2.24, 2.45) is 11.8 Å². The minimum Gasteiger partial charge on any atom is -0.381 e. The van der Waals surface area contributed by atoms with E-state index in [9.17, 15) is 9.59 Å². The van der Waals surface area contributed by atoms with Crippen molar-refractivity contribution in [1.82, 2.24) is 9.80 Å². The van der Waals surface area contributed by atoms with Gasteiger partial charge in [-0.15, -0.1) is 0 Å². The van der Waals surface area contributed by atoms with Gasteiger partial charge in [-0.1, -0.05) is 0 Å². The molecule has 0 saturated carbocycles. The molecule has 0 N–H and O–H groups in total. The highest BCUT2D eigenvalue weighted by Gasteiger charge is 2.39. The van der Waals surface area contributed by atoms with Gasteiger partial charge in [0.2, 0.25) is 11.8 Å². The Morgan fingerprint density at radius 1 is 1.17 bits per heavy atom. The maximum Gasteiger partial charge on any atom is 0.248 e. The van der Waals surface area contributed by atoms with Gasteiger partial charge in [-0.05, 0) is 33.1 Å². The van der Waals surface area contributed by atoms with Crippen LogP contribution in [0.3, 0.4) is 0 Å². The lowest BCUT2D eigenvalue weighted by atomic mass is 9.91. The number of hydrogen-bond acceptors (Lipinski definition) is 4. The molecule has 2 amide bonds. The number of piperidine rings is 1. The van der Waals surface area contributed by atoms with E-state index >= 15 is 0 Å². The molecule has 23 heavy (non-hydrogen) atoms. The molecule has 0 spiro atoms. The van der Waals surface area contributed by atoms with Gasteiger partial charge < -0.3 is 19.3 Å². The molecule has 3 saturated heterocycles. The molecule has 2 atom stereocenters. The van der Waals surface area contributed by atoms with Gasteiger partial charge in [-0.25, -0.2) is 0 Å². The summed E-state index contributed by atoms with van der Waals surface area (Å²) in [5.41, 5.74) is 0. The maximum absolute atomic E-state index is 12.7. The van der Waals surface area contributed by atoms with Crippen LogP contribution in [-0.4, -0.2) is 73.2 Å². The molecule has 0 aromatic heterocycles. The Morgan fingerprint density at radius 3 is 2.61 bits per heavy atom. The Hall–Kier alpha value is -1.14. The van der Waals surface area contributed by atoms with E-state index in [0.717, 1.165) is 25.8 Å². The molecular weight excluding hydrogens is 296 g/mol. The Kier molecular flexibility index (Phi) is 5.21. The van der Waals surface area contributed by atoms with Gasteiger partial charge in [0.15, 0.2) is 0 Å². The number of hydrogen-bond donors (Lipinski definition) is 0. The van der Waals surface area contributed by atoms with Crippen LogP contribution < -0.4 is 0 Å². The van der Waals surface area contributed by atoms with Crippen LogP contribution in [0.2, 0.25) is 0 Å². The van der Waals surface area contributed by atoms with Gasteiger partial charge in [0.25, 0.3) is 0 Å². The topological polar surface area (TPSA) is 59.1 Å². The largest absolute Gasteiger partial charge is 0.381 e. The number of ether oxygens (including phenoxy) is 2. The van der Waals surface area contributed by atoms with Crippen LogP contribution >= 0.6 is 0 Å². The second-order valence-corrected chi connectivity index (χ2v) is 7.21. The molecule has 0 aliphatic carbocycles. The maximum atomic E-state index is 12.7. The Labute approximate surface area is 138 Å². The Balaban J connectivity index is 1.65. The monoisotopic (exact) mass is 324 g/mol. The zero-order valence-electron chi connectivity index (χ0n) is 14.2. The normalized spacial score (nSPS) is 30.3. The molecular formula is C17H28N2O4. The lowest BCUT2D eigenvalue weighted by Crippen LogP contribution is -2.51. The molecule has 130 valence electrons. The lowest BCUT2D eigenvalue weighted by Gasteiger charge is -2.40. The van der Waals surface area contributed by atoms with Crippen LogP contribution in [0.4, 0.5) is 0 Å². The number of carbonyl (C=O) groups excluding carboxylic acids is 2. The molecule has 3 heterocycles. The van der Waals surface area contributed by atoms with E-state index in [4.69, 9.17) is 9.47 Å². The highest BCUT2D eigenvalue weighted by Crippen LogP contribution is 2.27. The second kappa shape index (κ2) is 7.18. The molecule has 0 radical (unpaired) electrons. The van der Waals surface area contributed by atoms with Gasteiger partial charge >= 0.3 is 0 Å². The van der Waals surface area contributed by atoms with Crippen LogP contribution in [0.5, 0.6) is 0 Å². The van der Waals surface area contributed by atoms with E-state index < -0.39 is 0 Å². The Morgan fingerprint density at radius 2 is 1.91 bits per heavy atom. The number of fused-ring (bicyclic) bond motifs is 1. The summed E-state index contributed by atoms with van der Waals surface area (Å²) in [5.74, 6) is 0.659. The number of rotatable bonds is 2. The molecule has 3 aliphatic rings. The average molecular weight is 324 g/mol. The zero-order valence-corrected chi connectivity index (χ0v) is 14.2. The lowest BCUT2D eigenvalue weighted by molar-refractivity contribution is -0.143. The number of carbonyl (C=O) groups is 2. The first-order valence-electron chi connectivity index (χ1n) is 8.84. The fourth-order valence-electron chi connectivity index (χ4n) is 3.92. The summed E-state index contributed by atoms with van der Waals surface area (Å²) >= 11 is 0. The van der Waals surface area contributed by atoms with Crippen molar-refractivity contribution in [1.29, 1.82) is 0 Å². The summed E-state index contributed by atoms with van der Waals surface area (Å²) in [6.45, 7) is 7.76. The van der Waals surface area contributed by atoms with Crippen molar-refractivity contribution in [2.45, 2.75) is 45.3 Å². The van der Waals surface area contributed by atoms with E-state index in [1.54, 1.807) is 0 Å². The number of nitrogens with zero attached hydrogens (tertiary/aromatic N) is 2. The standard InChI is InChI=1S/C17H28N2O4/c1-12(2)19-10-14-9-18(6-3-15(14)23-11-16(19)20)17(21)13-4-7-22-8-5-13/h12-15H,3-11H2,1-2H3/t14-,15+/m1/s1. The fraction of sp³-hybridized carbons (Fsp3) is 0.882. The molecule has 6 heteroatoms. The quantitative estimate of drug-likeness (QED) is 0.757. The molecule has 3 rings (SSSR count). The molecule has 0 aromatic rings. The predicted octanol–water partition coefficient (Wildman–Crippen LogP) is 0.897. The molecule has 0 bridgehead atoms. The van der Waals surface area contributed by atoms with Crippen molar-refractivity contribution in [3.05, 3.63) is 0 Å². The van der Waals surface area contributed by atoms with Crippen LogP contribution in [-0.2, 0) is 19.1 Å². The van der Waals surface area contributed by atoms with E-state index in [1.165, 1.54) is 0 Å². The molecule has 0 unspecified atom stereocenters. The third kappa shape index (κ3) is 3.69. The van der Waals surface area contributed by atoms with E-state index in [1.807, 2.05) is 23.6 Å². The first kappa shape index (κ1) is 16.7. The van der Waals surface area contributed by atoms with E-state index in [0.29, 0.717) is 26.3 Å². The number of amides is 2. The minimum absolute atomic E-state index is 0.0664. The van der Waals surface area contributed by atoms with Crippen LogP contribution in [0.15, 0.2) is 0 Å². The predicted molar refractivity (Wildman–Crippen MR) is 84.8 cm³/mol. The highest BCUT2D eigenvalue weighted by atomic mass is 16.5. The Bertz CT molecular complexity index is 448. The van der Waals surface area contributed by atoms with Gasteiger partial charge in [-0.2, -0.15) is 0 Å². The van der Waals surface area contributed by atoms with E-state index in [2.05, 4.69) is 0 Å². The summed E-state index contributed by atoms with van der Waals surface area (Å²) < 4.78 is 11.2. The molecule has 0 aromatic carbocycles. The smallest absolute Gasteiger partial charge is 0.248 e. The third-order valence-corrected chi connectivity index (χ3v) is 5.34. The van der Waals surface area contributed by atoms with Gasteiger partial charge in [0, 0.05) is 50.7 Å². The van der Waals surface area contributed by atoms with Crippen LogP contribution in [0.25, 0.3) is 0 Å². The highest BCUT2D eigenvalue weighted by molar-refractivity contribution is 5.79.